The van der Waals surface area contributed by atoms with Crippen molar-refractivity contribution in [3.63, 3.8) is 0 Å². The Hall–Kier alpha value is -1.10. The van der Waals surface area contributed by atoms with Crippen molar-refractivity contribution in [1.29, 1.82) is 0 Å². The Balaban J connectivity index is 2.37. The number of carbonyl (C=O) groups is 2. The van der Waals surface area contributed by atoms with E-state index in [0.717, 1.165) is 0 Å². The third-order valence-corrected chi connectivity index (χ3v) is 1.77. The highest BCUT2D eigenvalue weighted by molar-refractivity contribution is 5.77. The van der Waals surface area contributed by atoms with Gasteiger partial charge in [-0.05, 0) is 0 Å². The minimum Gasteiger partial charge on any atom is -0.481 e. The summed E-state index contributed by atoms with van der Waals surface area (Å²) in [6, 6.07) is -0.661. The lowest BCUT2D eigenvalue weighted by Gasteiger charge is -2.33. The van der Waals surface area contributed by atoms with Crippen molar-refractivity contribution >= 4 is 11.9 Å². The molecule has 0 aromatic carbocycles. The molecule has 11 heavy (non-hydrogen) atoms. The summed E-state index contributed by atoms with van der Waals surface area (Å²) in [6.45, 7) is 0.489. The smallest absolute Gasteiger partial charge is 0.321 e. The monoisotopic (exact) mass is 159 g/mol. The zero-order valence-electron chi connectivity index (χ0n) is 5.78. The van der Waals surface area contributed by atoms with E-state index in [9.17, 15) is 9.59 Å². The number of aliphatic carboxylic acids is 2. The number of carboxylic acid groups (broad SMARTS) is 2. The van der Waals surface area contributed by atoms with Crippen LogP contribution < -0.4 is 5.32 Å². The average Bonchev–Trinajstić information content (AvgIpc) is 1.78. The third-order valence-electron chi connectivity index (χ3n) is 1.77. The van der Waals surface area contributed by atoms with Crippen LogP contribution in [0.4, 0.5) is 0 Å². The lowest BCUT2D eigenvalue weighted by Crippen LogP contribution is -2.57. The van der Waals surface area contributed by atoms with Crippen LogP contribution in [-0.2, 0) is 9.59 Å². The van der Waals surface area contributed by atoms with E-state index in [0.29, 0.717) is 6.54 Å². The van der Waals surface area contributed by atoms with Gasteiger partial charge < -0.3 is 15.5 Å². The first-order valence-electron chi connectivity index (χ1n) is 3.29. The Kier molecular flexibility index (Phi) is 2.09. The van der Waals surface area contributed by atoms with Crippen molar-refractivity contribution in [2.75, 3.05) is 6.54 Å². The van der Waals surface area contributed by atoms with Gasteiger partial charge in [0.25, 0.3) is 0 Å². The quantitative estimate of drug-likeness (QED) is 0.498. The lowest BCUT2D eigenvalue weighted by atomic mass is 9.89. The maximum absolute atomic E-state index is 10.3. The van der Waals surface area contributed by atoms with Crippen LogP contribution in [0, 0.1) is 5.92 Å². The van der Waals surface area contributed by atoms with Gasteiger partial charge in [0.05, 0.1) is 6.42 Å². The Morgan fingerprint density at radius 3 is 2.36 bits per heavy atom. The van der Waals surface area contributed by atoms with Gasteiger partial charge >= 0.3 is 11.9 Å². The van der Waals surface area contributed by atoms with Crippen LogP contribution in [0.1, 0.15) is 6.42 Å². The fraction of sp³-hybridized carbons (Fsp3) is 0.667. The van der Waals surface area contributed by atoms with Crippen molar-refractivity contribution in [2.24, 2.45) is 5.92 Å². The molecule has 0 aromatic heterocycles. The number of hydrogen-bond acceptors (Lipinski definition) is 3. The minimum atomic E-state index is -0.970. The van der Waals surface area contributed by atoms with E-state index in [4.69, 9.17) is 10.2 Å². The molecule has 2 unspecified atom stereocenters. The molecule has 1 rings (SSSR count). The molecule has 0 amide bonds. The lowest BCUT2D eigenvalue weighted by molar-refractivity contribution is -0.146. The van der Waals surface area contributed by atoms with Gasteiger partial charge in [0.15, 0.2) is 0 Å². The van der Waals surface area contributed by atoms with Gasteiger partial charge in [-0.25, -0.2) is 0 Å². The SMILES string of the molecule is O=C(O)CC1CNC1C(=O)O. The van der Waals surface area contributed by atoms with E-state index >= 15 is 0 Å². The molecule has 0 radical (unpaired) electrons. The van der Waals surface area contributed by atoms with Gasteiger partial charge in [-0.3, -0.25) is 9.59 Å². The van der Waals surface area contributed by atoms with E-state index in [1.165, 1.54) is 0 Å². The third kappa shape index (κ3) is 1.68. The second kappa shape index (κ2) is 2.87. The van der Waals surface area contributed by atoms with E-state index in [1.807, 2.05) is 0 Å². The molecule has 5 nitrogen and oxygen atoms in total. The van der Waals surface area contributed by atoms with Gasteiger partial charge in [0, 0.05) is 12.5 Å². The summed E-state index contributed by atoms with van der Waals surface area (Å²) in [5.74, 6) is -2.16. The van der Waals surface area contributed by atoms with Gasteiger partial charge in [0.1, 0.15) is 6.04 Å². The molecule has 3 N–H and O–H groups in total. The van der Waals surface area contributed by atoms with Crippen LogP contribution in [0.5, 0.6) is 0 Å². The molecule has 1 fully saturated rings. The highest BCUT2D eigenvalue weighted by Crippen LogP contribution is 2.16. The molecule has 0 saturated carbocycles. The van der Waals surface area contributed by atoms with Gasteiger partial charge in [-0.2, -0.15) is 0 Å². The van der Waals surface area contributed by atoms with Crippen LogP contribution in [0.2, 0.25) is 0 Å². The van der Waals surface area contributed by atoms with Crippen molar-refractivity contribution in [1.82, 2.24) is 5.32 Å². The standard InChI is InChI=1S/C6H9NO4/c8-4(9)1-3-2-7-5(3)6(10)11/h3,5,7H,1-2H2,(H,8,9)(H,10,11). The van der Waals surface area contributed by atoms with Crippen LogP contribution in [-0.4, -0.2) is 34.7 Å². The number of nitrogens with one attached hydrogen (secondary N) is 1. The maximum Gasteiger partial charge on any atom is 0.321 e. The predicted octanol–water partition coefficient (Wildman–Crippen LogP) is -0.866. The van der Waals surface area contributed by atoms with Crippen LogP contribution in [0.15, 0.2) is 0 Å². The number of hydrogen-bond donors (Lipinski definition) is 3. The summed E-state index contributed by atoms with van der Waals surface area (Å²) in [7, 11) is 0. The number of carboxylic acids is 2. The van der Waals surface area contributed by atoms with Crippen LogP contribution in [0.3, 0.4) is 0 Å². The normalized spacial score (nSPS) is 29.1. The van der Waals surface area contributed by atoms with Gasteiger partial charge in [-0.15, -0.1) is 0 Å². The Morgan fingerprint density at radius 2 is 2.09 bits per heavy atom. The molecular weight excluding hydrogens is 150 g/mol. The fourth-order valence-electron chi connectivity index (χ4n) is 1.11. The largest absolute Gasteiger partial charge is 0.481 e. The van der Waals surface area contributed by atoms with Crippen LogP contribution >= 0.6 is 0 Å². The van der Waals surface area contributed by atoms with E-state index in [2.05, 4.69) is 5.32 Å². The Labute approximate surface area is 63.0 Å². The zero-order valence-corrected chi connectivity index (χ0v) is 5.78. The topological polar surface area (TPSA) is 86.6 Å². The first-order chi connectivity index (χ1) is 5.11. The first kappa shape index (κ1) is 8.00. The molecule has 1 saturated heterocycles. The van der Waals surface area contributed by atoms with Crippen LogP contribution in [0.25, 0.3) is 0 Å². The fourth-order valence-corrected chi connectivity index (χ4v) is 1.11. The molecule has 2 atom stereocenters. The molecule has 0 aliphatic carbocycles. The molecular formula is C6H9NO4. The molecule has 1 heterocycles. The number of rotatable bonds is 3. The van der Waals surface area contributed by atoms with Gasteiger partial charge in [-0.1, -0.05) is 0 Å². The second-order valence-corrected chi connectivity index (χ2v) is 2.58. The summed E-state index contributed by atoms with van der Waals surface area (Å²) in [5.41, 5.74) is 0. The molecule has 5 heteroatoms. The molecule has 0 aromatic rings. The van der Waals surface area contributed by atoms with Gasteiger partial charge in [0.2, 0.25) is 0 Å². The molecule has 0 spiro atoms. The highest BCUT2D eigenvalue weighted by atomic mass is 16.4. The molecule has 1 aliphatic heterocycles. The Bertz CT molecular complexity index is 191. The average molecular weight is 159 g/mol. The van der Waals surface area contributed by atoms with E-state index < -0.39 is 18.0 Å². The molecule has 1 aliphatic rings. The highest BCUT2D eigenvalue weighted by Gasteiger charge is 2.37. The van der Waals surface area contributed by atoms with E-state index in [1.54, 1.807) is 0 Å². The van der Waals surface area contributed by atoms with Crippen molar-refractivity contribution < 1.29 is 19.8 Å². The summed E-state index contributed by atoms with van der Waals surface area (Å²) in [6.07, 6.45) is -0.0655. The Morgan fingerprint density at radius 1 is 1.45 bits per heavy atom. The molecule has 0 bridgehead atoms. The minimum absolute atomic E-state index is 0.0655. The zero-order chi connectivity index (χ0) is 8.43. The summed E-state index contributed by atoms with van der Waals surface area (Å²) < 4.78 is 0. The van der Waals surface area contributed by atoms with Crippen molar-refractivity contribution in [3.05, 3.63) is 0 Å². The van der Waals surface area contributed by atoms with E-state index in [-0.39, 0.29) is 12.3 Å². The summed E-state index contributed by atoms with van der Waals surface area (Å²) in [4.78, 5) is 20.5. The second-order valence-electron chi connectivity index (χ2n) is 2.58. The predicted molar refractivity (Wildman–Crippen MR) is 35.2 cm³/mol. The summed E-state index contributed by atoms with van der Waals surface area (Å²) >= 11 is 0. The first-order valence-corrected chi connectivity index (χ1v) is 3.29. The maximum atomic E-state index is 10.3. The van der Waals surface area contributed by atoms with Crippen molar-refractivity contribution in [3.8, 4) is 0 Å². The molecule has 62 valence electrons. The summed E-state index contributed by atoms with van der Waals surface area (Å²) in [5, 5.41) is 19.4. The van der Waals surface area contributed by atoms with Crippen molar-refractivity contribution in [2.45, 2.75) is 12.5 Å².